The molecule has 3 fully saturated rings. The maximum atomic E-state index is 14.2. The predicted molar refractivity (Wildman–Crippen MR) is 250 cm³/mol. The fourth-order valence-corrected chi connectivity index (χ4v) is 10.8. The Balaban J connectivity index is 0.894. The van der Waals surface area contributed by atoms with Gasteiger partial charge in [-0.05, 0) is 127 Å². The van der Waals surface area contributed by atoms with E-state index in [4.69, 9.17) is 21.3 Å². The van der Waals surface area contributed by atoms with Gasteiger partial charge in [-0.2, -0.15) is 5.10 Å². The molecule has 16 heteroatoms. The van der Waals surface area contributed by atoms with Crippen molar-refractivity contribution in [1.82, 2.24) is 34.3 Å². The lowest BCUT2D eigenvalue weighted by Crippen LogP contribution is -2.47. The van der Waals surface area contributed by atoms with E-state index in [0.29, 0.717) is 28.4 Å². The van der Waals surface area contributed by atoms with Crippen LogP contribution in [-0.2, 0) is 10.0 Å². The van der Waals surface area contributed by atoms with Gasteiger partial charge in [-0.3, -0.25) is 9.69 Å². The Labute approximate surface area is 377 Å². The molecule has 2 saturated heterocycles. The molecule has 14 nitrogen and oxygen atoms in total. The van der Waals surface area contributed by atoms with Crippen molar-refractivity contribution < 1.29 is 17.9 Å². The van der Waals surface area contributed by atoms with Gasteiger partial charge in [-0.15, -0.1) is 4.91 Å². The Kier molecular flexibility index (Phi) is 11.3. The molecule has 2 N–H and O–H groups in total. The van der Waals surface area contributed by atoms with E-state index in [2.05, 4.69) is 60.7 Å². The largest absolute Gasteiger partial charge is 0.488 e. The Bertz CT molecular complexity index is 2890. The van der Waals surface area contributed by atoms with Crippen molar-refractivity contribution in [2.24, 2.45) is 10.6 Å². The van der Waals surface area contributed by atoms with E-state index in [-0.39, 0.29) is 33.4 Å². The number of nitrogens with one attached hydrogen (secondary N) is 2. The smallest absolute Gasteiger partial charge is 0.267 e. The molecule has 5 heterocycles. The van der Waals surface area contributed by atoms with Gasteiger partial charge in [-0.25, -0.2) is 22.8 Å². The number of halogens is 1. The third kappa shape index (κ3) is 8.78. The number of aromatic amines is 1. The molecule has 332 valence electrons. The summed E-state index contributed by atoms with van der Waals surface area (Å²) in [4.78, 5) is 41.1. The number of carbonyl (C=O) groups is 1. The molecule has 2 aliphatic heterocycles. The number of likely N-dealkylation sites (tertiary alicyclic amines) is 1. The van der Waals surface area contributed by atoms with Crippen molar-refractivity contribution >= 4 is 66.5 Å². The topological polar surface area (TPSA) is 158 Å². The van der Waals surface area contributed by atoms with E-state index in [1.54, 1.807) is 16.9 Å². The number of hydrogen-bond acceptors (Lipinski definition) is 11. The number of pyridine rings is 1. The fourth-order valence-electron chi connectivity index (χ4n) is 9.65. The number of nitrogens with zero attached hydrogens (tertiary/aromatic N) is 7. The van der Waals surface area contributed by atoms with E-state index in [1.165, 1.54) is 41.7 Å². The summed E-state index contributed by atoms with van der Waals surface area (Å²) in [6, 6.07) is 22.1. The van der Waals surface area contributed by atoms with Crippen molar-refractivity contribution in [3.8, 4) is 11.4 Å². The lowest BCUT2D eigenvalue weighted by Gasteiger charge is -2.39. The second kappa shape index (κ2) is 17.1. The number of ether oxygens (including phenoxy) is 1. The number of carbonyl (C=O) groups excluding carboxylic acids is 1. The molecule has 64 heavy (non-hydrogen) atoms. The first-order chi connectivity index (χ1) is 30.9. The summed E-state index contributed by atoms with van der Waals surface area (Å²) >= 11 is 6.27. The van der Waals surface area contributed by atoms with Gasteiger partial charge in [0.1, 0.15) is 23.0 Å². The minimum Gasteiger partial charge on any atom is -0.488 e. The number of sulfonamides is 1. The van der Waals surface area contributed by atoms with E-state index in [0.717, 1.165) is 100 Å². The number of piperidine rings is 1. The fraction of sp³-hybridized carbons (Fsp3) is 0.396. The van der Waals surface area contributed by atoms with Crippen LogP contribution in [-0.4, -0.2) is 102 Å². The number of rotatable bonds is 12. The second-order valence-electron chi connectivity index (χ2n) is 18.5. The summed E-state index contributed by atoms with van der Waals surface area (Å²) in [5.74, 6) is -0.633. The van der Waals surface area contributed by atoms with Gasteiger partial charge in [-0.1, -0.05) is 43.2 Å². The van der Waals surface area contributed by atoms with Crippen LogP contribution in [0.5, 0.6) is 5.75 Å². The van der Waals surface area contributed by atoms with Crippen LogP contribution in [0.1, 0.15) is 74.7 Å². The molecular weight excluding hydrogens is 850 g/mol. The molecule has 4 aliphatic rings. The van der Waals surface area contributed by atoms with Crippen LogP contribution in [0.25, 0.3) is 33.3 Å². The number of allylic oxidation sites excluding steroid dienone is 1. The maximum Gasteiger partial charge on any atom is 0.267 e. The van der Waals surface area contributed by atoms with Crippen LogP contribution in [0, 0.1) is 10.3 Å². The molecule has 6 aromatic rings. The van der Waals surface area contributed by atoms with Crippen molar-refractivity contribution in [3.63, 3.8) is 0 Å². The molecule has 10 rings (SSSR count). The Morgan fingerprint density at radius 1 is 0.953 bits per heavy atom. The summed E-state index contributed by atoms with van der Waals surface area (Å²) < 4.78 is 37.8. The molecule has 0 unspecified atom stereocenters. The zero-order valence-electron chi connectivity index (χ0n) is 36.1. The van der Waals surface area contributed by atoms with Crippen LogP contribution >= 0.6 is 11.6 Å². The average molecular weight is 903 g/mol. The molecule has 0 radical (unpaired) electrons. The van der Waals surface area contributed by atoms with Gasteiger partial charge in [0.25, 0.3) is 15.9 Å². The minimum absolute atomic E-state index is 0.0956. The standard InChI is InChI=1S/C48H52ClN9O5S/c1-48(2)17-13-33(40(28-48)31-3-5-34(49)6-4-31)30-55-21-23-57(24-22-55)36-9-11-39(43(26-36)58-44-25-32-14-18-50-46(32)52-42(44)29-51-58)47(59)54-64(61,62)38-10-12-45(41(27-38)53-60)63-37-15-19-56(20-16-37)35-7-8-35/h3-6,9-12,14,18,25-27,29,35,37H,7-8,13,15-17,19-24,28,30H2,1-2H3,(H,50,52)(H,54,59). The van der Waals surface area contributed by atoms with Gasteiger partial charge in [0.15, 0.2) is 5.69 Å². The number of amides is 1. The average Bonchev–Trinajstić information content (AvgIpc) is 3.91. The highest BCUT2D eigenvalue weighted by Crippen LogP contribution is 2.43. The zero-order chi connectivity index (χ0) is 44.2. The van der Waals surface area contributed by atoms with Crippen LogP contribution in [0.2, 0.25) is 5.02 Å². The molecule has 0 bridgehead atoms. The summed E-state index contributed by atoms with van der Waals surface area (Å²) in [6.45, 7) is 10.6. The number of H-pyrrole nitrogens is 1. The van der Waals surface area contributed by atoms with Gasteiger partial charge >= 0.3 is 0 Å². The van der Waals surface area contributed by atoms with Crippen molar-refractivity contribution in [1.29, 1.82) is 0 Å². The molecule has 0 spiro atoms. The van der Waals surface area contributed by atoms with Crippen LogP contribution in [0.4, 0.5) is 11.4 Å². The van der Waals surface area contributed by atoms with E-state index >= 15 is 0 Å². The number of aromatic nitrogens is 4. The van der Waals surface area contributed by atoms with Gasteiger partial charge in [0, 0.05) is 74.1 Å². The van der Waals surface area contributed by atoms with Crippen LogP contribution in [0.3, 0.4) is 0 Å². The van der Waals surface area contributed by atoms with Crippen LogP contribution < -0.4 is 14.4 Å². The number of hydrogen-bond donors (Lipinski definition) is 2. The molecule has 1 saturated carbocycles. The first-order valence-corrected chi connectivity index (χ1v) is 24.1. The highest BCUT2D eigenvalue weighted by Gasteiger charge is 2.34. The lowest BCUT2D eigenvalue weighted by molar-refractivity contribution is 0.0969. The monoisotopic (exact) mass is 901 g/mol. The van der Waals surface area contributed by atoms with Crippen molar-refractivity contribution in [3.05, 3.63) is 112 Å². The Morgan fingerprint density at radius 3 is 2.48 bits per heavy atom. The summed E-state index contributed by atoms with van der Waals surface area (Å²) in [5.41, 5.74) is 7.59. The predicted octanol–water partition coefficient (Wildman–Crippen LogP) is 8.86. The molecule has 0 atom stereocenters. The summed E-state index contributed by atoms with van der Waals surface area (Å²) in [7, 11) is -4.46. The van der Waals surface area contributed by atoms with E-state index in [1.807, 2.05) is 42.6 Å². The summed E-state index contributed by atoms with van der Waals surface area (Å²) in [6.07, 6.45) is 10.7. The first kappa shape index (κ1) is 42.3. The summed E-state index contributed by atoms with van der Waals surface area (Å²) in [5, 5.41) is 9.39. The van der Waals surface area contributed by atoms with Crippen molar-refractivity contribution in [2.75, 3.05) is 50.7 Å². The maximum absolute atomic E-state index is 14.2. The minimum atomic E-state index is -4.46. The van der Waals surface area contributed by atoms with Gasteiger partial charge < -0.3 is 19.5 Å². The third-order valence-corrected chi connectivity index (χ3v) is 15.0. The van der Waals surface area contributed by atoms with Gasteiger partial charge in [0.05, 0.1) is 27.9 Å². The number of benzene rings is 3. The molecule has 2 aliphatic carbocycles. The molecule has 3 aromatic heterocycles. The van der Waals surface area contributed by atoms with E-state index in [9.17, 15) is 18.1 Å². The first-order valence-electron chi connectivity index (χ1n) is 22.3. The number of piperazine rings is 1. The zero-order valence-corrected chi connectivity index (χ0v) is 37.7. The second-order valence-corrected chi connectivity index (χ2v) is 20.6. The highest BCUT2D eigenvalue weighted by atomic mass is 35.5. The highest BCUT2D eigenvalue weighted by molar-refractivity contribution is 7.90. The Morgan fingerprint density at radius 2 is 1.73 bits per heavy atom. The number of anilines is 1. The molecule has 1 amide bonds. The quantitative estimate of drug-likeness (QED) is 0.114. The number of nitroso groups, excluding NO2 is 1. The Hall–Kier alpha value is -5.61. The molecular formula is C48H52ClN9O5S. The SMILES string of the molecule is CC1(C)CCC(CN2CCN(c3ccc(C(=O)NS(=O)(=O)c4ccc(OC5CCN(C6CC6)CC5)c(N=O)c4)c(-n4ncc5nc6[nH]ccc6cc54)c3)CC2)=C(c2ccc(Cl)cc2)C1. The number of fused-ring (bicyclic) bond motifs is 2. The van der Waals surface area contributed by atoms with Gasteiger partial charge in [0.2, 0.25) is 0 Å². The van der Waals surface area contributed by atoms with Crippen molar-refractivity contribution in [2.45, 2.75) is 75.8 Å². The normalized spacial score (nSPS) is 19.1. The van der Waals surface area contributed by atoms with E-state index < -0.39 is 15.9 Å². The lowest BCUT2D eigenvalue weighted by atomic mass is 9.72. The third-order valence-electron chi connectivity index (χ3n) is 13.5. The molecule has 3 aromatic carbocycles. The van der Waals surface area contributed by atoms with Crippen LogP contribution in [0.15, 0.2) is 101 Å².